The molecule has 0 aliphatic rings. The first-order valence-electron chi connectivity index (χ1n) is 5.94. The minimum atomic E-state index is -3.00. The maximum atomic E-state index is 11.5. The van der Waals surface area contributed by atoms with Gasteiger partial charge in [-0.05, 0) is 6.07 Å². The number of pyridine rings is 1. The fourth-order valence-corrected chi connectivity index (χ4v) is 2.49. The van der Waals surface area contributed by atoms with E-state index in [9.17, 15) is 8.42 Å². The van der Waals surface area contributed by atoms with Gasteiger partial charge in [0.2, 0.25) is 0 Å². The molecule has 0 fully saturated rings. The van der Waals surface area contributed by atoms with Crippen molar-refractivity contribution in [2.24, 2.45) is 0 Å². The van der Waals surface area contributed by atoms with E-state index < -0.39 is 9.84 Å². The van der Waals surface area contributed by atoms with Crippen LogP contribution in [0.1, 0.15) is 6.92 Å². The van der Waals surface area contributed by atoms with Crippen LogP contribution in [0.4, 0.5) is 5.69 Å². The van der Waals surface area contributed by atoms with Crippen LogP contribution in [-0.4, -0.2) is 34.5 Å². The van der Waals surface area contributed by atoms with E-state index in [1.807, 2.05) is 0 Å². The van der Waals surface area contributed by atoms with Gasteiger partial charge in [0.15, 0.2) is 9.84 Å². The van der Waals surface area contributed by atoms with Gasteiger partial charge in [-0.15, -0.1) is 0 Å². The van der Waals surface area contributed by atoms with Crippen LogP contribution in [0.25, 0.3) is 11.3 Å². The Labute approximate surface area is 112 Å². The first-order chi connectivity index (χ1) is 9.03. The molecule has 0 spiro atoms. The van der Waals surface area contributed by atoms with Gasteiger partial charge in [0.1, 0.15) is 0 Å². The first kappa shape index (κ1) is 13.5. The van der Waals surface area contributed by atoms with Crippen LogP contribution >= 0.6 is 0 Å². The largest absolute Gasteiger partial charge is 0.398 e. The lowest BCUT2D eigenvalue weighted by Crippen LogP contribution is -2.14. The van der Waals surface area contributed by atoms with Gasteiger partial charge in [-0.3, -0.25) is 4.98 Å². The molecule has 0 atom stereocenters. The maximum Gasteiger partial charge on any atom is 0.151 e. The predicted molar refractivity (Wildman–Crippen MR) is 74.2 cm³/mol. The summed E-state index contributed by atoms with van der Waals surface area (Å²) in [5, 5.41) is 0. The Morgan fingerprint density at radius 2 is 2.11 bits per heavy atom. The van der Waals surface area contributed by atoms with Crippen molar-refractivity contribution in [3.63, 3.8) is 0 Å². The molecule has 0 saturated carbocycles. The number of anilines is 1. The minimum absolute atomic E-state index is 0.0903. The Morgan fingerprint density at radius 3 is 2.79 bits per heavy atom. The monoisotopic (exact) mass is 280 g/mol. The van der Waals surface area contributed by atoms with Crippen LogP contribution in [0.3, 0.4) is 0 Å². The molecule has 0 amide bonds. The van der Waals surface area contributed by atoms with Gasteiger partial charge in [-0.25, -0.2) is 13.4 Å². The third kappa shape index (κ3) is 3.11. The third-order valence-electron chi connectivity index (χ3n) is 2.93. The molecule has 2 N–H and O–H groups in total. The second-order valence-electron chi connectivity index (χ2n) is 4.17. The Kier molecular flexibility index (Phi) is 3.84. The smallest absolute Gasteiger partial charge is 0.151 e. The molecule has 0 radical (unpaired) electrons. The zero-order valence-electron chi connectivity index (χ0n) is 10.7. The average molecular weight is 280 g/mol. The molecular formula is C12H16N4O2S. The van der Waals surface area contributed by atoms with Crippen molar-refractivity contribution in [1.82, 2.24) is 14.5 Å². The van der Waals surface area contributed by atoms with Crippen LogP contribution < -0.4 is 5.73 Å². The van der Waals surface area contributed by atoms with Crippen molar-refractivity contribution in [1.29, 1.82) is 0 Å². The molecule has 2 aromatic heterocycles. The zero-order valence-corrected chi connectivity index (χ0v) is 11.5. The van der Waals surface area contributed by atoms with Crippen molar-refractivity contribution < 1.29 is 8.42 Å². The summed E-state index contributed by atoms with van der Waals surface area (Å²) >= 11 is 0. The van der Waals surface area contributed by atoms with E-state index in [2.05, 4.69) is 9.97 Å². The van der Waals surface area contributed by atoms with Crippen molar-refractivity contribution in [3.05, 3.63) is 31.0 Å². The Bertz CT molecular complexity index is 664. The summed E-state index contributed by atoms with van der Waals surface area (Å²) in [6, 6.07) is 1.70. The Morgan fingerprint density at radius 1 is 1.32 bits per heavy atom. The predicted octanol–water partition coefficient (Wildman–Crippen LogP) is 0.962. The van der Waals surface area contributed by atoms with Gasteiger partial charge in [0, 0.05) is 35.9 Å². The molecule has 19 heavy (non-hydrogen) atoms. The van der Waals surface area contributed by atoms with Gasteiger partial charge in [0.05, 0.1) is 24.0 Å². The zero-order chi connectivity index (χ0) is 13.9. The number of hydrogen-bond acceptors (Lipinski definition) is 5. The lowest BCUT2D eigenvalue weighted by atomic mass is 10.2. The lowest BCUT2D eigenvalue weighted by Gasteiger charge is -2.09. The van der Waals surface area contributed by atoms with Crippen molar-refractivity contribution in [3.8, 4) is 11.3 Å². The number of imidazole rings is 1. The Balaban J connectivity index is 2.26. The summed E-state index contributed by atoms with van der Waals surface area (Å²) in [4.78, 5) is 8.08. The molecule has 7 heteroatoms. The number of nitrogens with two attached hydrogens (primary N) is 1. The molecule has 0 saturated heterocycles. The summed E-state index contributed by atoms with van der Waals surface area (Å²) < 4.78 is 24.9. The van der Waals surface area contributed by atoms with Gasteiger partial charge >= 0.3 is 0 Å². The normalized spacial score (nSPS) is 11.6. The summed E-state index contributed by atoms with van der Waals surface area (Å²) in [6.45, 7) is 2.00. The maximum absolute atomic E-state index is 11.5. The second-order valence-corrected chi connectivity index (χ2v) is 6.64. The molecule has 0 aliphatic carbocycles. The highest BCUT2D eigenvalue weighted by atomic mass is 32.2. The van der Waals surface area contributed by atoms with E-state index in [0.717, 1.165) is 11.3 Å². The standard InChI is InChI=1S/C12H16N4O2S/c1-2-19(17,18)6-5-16-9-15-8-12(16)10-7-14-4-3-11(10)13/h3-4,7-9H,2,5-6H2,1H3,(H2,13,14). The second kappa shape index (κ2) is 5.40. The van der Waals surface area contributed by atoms with Crippen molar-refractivity contribution in [2.75, 3.05) is 17.2 Å². The molecule has 6 nitrogen and oxygen atoms in total. The molecule has 2 heterocycles. The number of hydrogen-bond donors (Lipinski definition) is 1. The minimum Gasteiger partial charge on any atom is -0.398 e. The van der Waals surface area contributed by atoms with Gasteiger partial charge in [-0.2, -0.15) is 0 Å². The Hall–Kier alpha value is -1.89. The van der Waals surface area contributed by atoms with Crippen LogP contribution in [0, 0.1) is 0 Å². The van der Waals surface area contributed by atoms with Gasteiger partial charge in [0.25, 0.3) is 0 Å². The fourth-order valence-electron chi connectivity index (χ4n) is 1.72. The SMILES string of the molecule is CCS(=O)(=O)CCn1cncc1-c1cnccc1N. The van der Waals surface area contributed by atoms with Crippen LogP contribution in [0.2, 0.25) is 0 Å². The fraction of sp³-hybridized carbons (Fsp3) is 0.333. The number of rotatable bonds is 5. The van der Waals surface area contributed by atoms with Crippen LogP contribution in [-0.2, 0) is 16.4 Å². The number of nitrogen functional groups attached to an aromatic ring is 1. The van der Waals surface area contributed by atoms with Crippen molar-refractivity contribution in [2.45, 2.75) is 13.5 Å². The van der Waals surface area contributed by atoms with Gasteiger partial charge in [-0.1, -0.05) is 6.92 Å². The van der Waals surface area contributed by atoms with E-state index >= 15 is 0 Å². The summed E-state index contributed by atoms with van der Waals surface area (Å²) in [5.41, 5.74) is 8.02. The highest BCUT2D eigenvalue weighted by Crippen LogP contribution is 2.24. The number of aryl methyl sites for hydroxylation is 1. The summed E-state index contributed by atoms with van der Waals surface area (Å²) in [6.07, 6.45) is 6.52. The quantitative estimate of drug-likeness (QED) is 0.881. The summed E-state index contributed by atoms with van der Waals surface area (Å²) in [7, 11) is -3.00. The molecule has 0 bridgehead atoms. The van der Waals surface area contributed by atoms with E-state index in [1.54, 1.807) is 42.5 Å². The topological polar surface area (TPSA) is 90.9 Å². The van der Waals surface area contributed by atoms with E-state index in [-0.39, 0.29) is 11.5 Å². The molecule has 102 valence electrons. The average Bonchev–Trinajstić information content (AvgIpc) is 2.85. The molecule has 0 aromatic carbocycles. The van der Waals surface area contributed by atoms with E-state index in [0.29, 0.717) is 12.2 Å². The molecule has 0 aliphatic heterocycles. The molecule has 0 unspecified atom stereocenters. The molecule has 2 aromatic rings. The van der Waals surface area contributed by atoms with Crippen LogP contribution in [0.15, 0.2) is 31.0 Å². The third-order valence-corrected chi connectivity index (χ3v) is 4.61. The number of nitrogens with zero attached hydrogens (tertiary/aromatic N) is 3. The summed E-state index contributed by atoms with van der Waals surface area (Å²) in [5.74, 6) is 0.235. The number of aromatic nitrogens is 3. The molecular weight excluding hydrogens is 264 g/mol. The van der Waals surface area contributed by atoms with E-state index in [4.69, 9.17) is 5.73 Å². The number of sulfone groups is 1. The van der Waals surface area contributed by atoms with Crippen molar-refractivity contribution >= 4 is 15.5 Å². The van der Waals surface area contributed by atoms with Crippen LogP contribution in [0.5, 0.6) is 0 Å². The highest BCUT2D eigenvalue weighted by molar-refractivity contribution is 7.91. The van der Waals surface area contributed by atoms with Gasteiger partial charge < -0.3 is 10.3 Å². The molecule has 2 rings (SSSR count). The van der Waals surface area contributed by atoms with E-state index in [1.165, 1.54) is 0 Å². The highest BCUT2D eigenvalue weighted by Gasteiger charge is 2.12. The lowest BCUT2D eigenvalue weighted by molar-refractivity contribution is 0.590. The first-order valence-corrected chi connectivity index (χ1v) is 7.76.